The van der Waals surface area contributed by atoms with E-state index in [9.17, 15) is 13.6 Å². The number of carbonyl (C=O) groups is 1. The summed E-state index contributed by atoms with van der Waals surface area (Å²) in [5.74, 6) is 1.22. The summed E-state index contributed by atoms with van der Waals surface area (Å²) in [5, 5.41) is 6.41. The first kappa shape index (κ1) is 26.2. The number of hydrogen-bond donors (Lipinski definition) is 2. The number of hydrogen-bond acceptors (Lipinski definition) is 4. The number of nitrogens with zero attached hydrogens (tertiary/aromatic N) is 2. The lowest BCUT2D eigenvalue weighted by Crippen LogP contribution is -2.38. The van der Waals surface area contributed by atoms with E-state index >= 15 is 0 Å². The van der Waals surface area contributed by atoms with E-state index < -0.39 is 6.61 Å². The van der Waals surface area contributed by atoms with Crippen molar-refractivity contribution in [3.8, 4) is 11.5 Å². The highest BCUT2D eigenvalue weighted by molar-refractivity contribution is 14.0. The van der Waals surface area contributed by atoms with Gasteiger partial charge in [0.25, 0.3) is 0 Å². The van der Waals surface area contributed by atoms with Crippen molar-refractivity contribution in [2.75, 3.05) is 39.8 Å². The number of rotatable bonds is 11. The molecule has 0 aromatic heterocycles. The highest BCUT2D eigenvalue weighted by Gasteiger charge is 2.18. The number of likely N-dealkylation sites (tertiary alicyclic amines) is 1. The van der Waals surface area contributed by atoms with Gasteiger partial charge in [-0.15, -0.1) is 24.0 Å². The maximum Gasteiger partial charge on any atom is 0.387 e. The number of nitrogens with one attached hydrogen (secondary N) is 2. The fourth-order valence-corrected chi connectivity index (χ4v) is 3.12. The third-order valence-electron chi connectivity index (χ3n) is 4.52. The molecule has 7 nitrogen and oxygen atoms in total. The number of carbonyl (C=O) groups excluding carboxylic acids is 1. The van der Waals surface area contributed by atoms with E-state index in [4.69, 9.17) is 4.74 Å². The molecule has 10 heteroatoms. The van der Waals surface area contributed by atoms with E-state index in [2.05, 4.69) is 20.4 Å². The van der Waals surface area contributed by atoms with Crippen LogP contribution in [0.15, 0.2) is 23.2 Å². The van der Waals surface area contributed by atoms with E-state index in [1.54, 1.807) is 12.1 Å². The second-order valence-corrected chi connectivity index (χ2v) is 6.64. The molecule has 170 valence electrons. The summed E-state index contributed by atoms with van der Waals surface area (Å²) in [7, 11) is 1.41. The van der Waals surface area contributed by atoms with Gasteiger partial charge in [0.05, 0.1) is 7.11 Å². The topological polar surface area (TPSA) is 75.2 Å². The molecule has 1 aromatic rings. The Balaban J connectivity index is 0.00000450. The average molecular weight is 540 g/mol. The molecule has 0 radical (unpaired) electrons. The Bertz CT molecular complexity index is 692. The van der Waals surface area contributed by atoms with E-state index in [0.717, 1.165) is 38.0 Å². The zero-order valence-corrected chi connectivity index (χ0v) is 19.8. The first-order chi connectivity index (χ1) is 14.0. The van der Waals surface area contributed by atoms with Crippen LogP contribution in [0.2, 0.25) is 0 Å². The average Bonchev–Trinajstić information content (AvgIpc) is 3.09. The molecule has 1 aliphatic heterocycles. The molecular weight excluding hydrogens is 509 g/mol. The number of halogens is 3. The normalized spacial score (nSPS) is 14.0. The number of aliphatic imine (C=N–C) groups is 1. The van der Waals surface area contributed by atoms with Crippen molar-refractivity contribution in [3.63, 3.8) is 0 Å². The fourth-order valence-electron chi connectivity index (χ4n) is 3.12. The van der Waals surface area contributed by atoms with Crippen molar-refractivity contribution in [2.24, 2.45) is 4.99 Å². The quantitative estimate of drug-likeness (QED) is 0.196. The van der Waals surface area contributed by atoms with Gasteiger partial charge in [0.15, 0.2) is 17.5 Å². The van der Waals surface area contributed by atoms with E-state index in [1.807, 2.05) is 17.9 Å². The van der Waals surface area contributed by atoms with Crippen LogP contribution in [0.1, 0.15) is 31.7 Å². The van der Waals surface area contributed by atoms with E-state index in [1.165, 1.54) is 7.11 Å². The van der Waals surface area contributed by atoms with Crippen LogP contribution < -0.4 is 20.1 Å². The fraction of sp³-hybridized carbons (Fsp3) is 0.600. The van der Waals surface area contributed by atoms with Gasteiger partial charge in [-0.2, -0.15) is 8.78 Å². The number of alkyl halides is 2. The molecule has 0 unspecified atom stereocenters. The van der Waals surface area contributed by atoms with Gasteiger partial charge in [-0.3, -0.25) is 9.79 Å². The van der Waals surface area contributed by atoms with E-state index in [-0.39, 0.29) is 41.4 Å². The number of ether oxygens (including phenoxy) is 2. The Morgan fingerprint density at radius 2 is 2.10 bits per heavy atom. The van der Waals surface area contributed by atoms with Gasteiger partial charge in [-0.05, 0) is 43.9 Å². The van der Waals surface area contributed by atoms with Crippen molar-refractivity contribution < 1.29 is 23.0 Å². The van der Waals surface area contributed by atoms with Crippen molar-refractivity contribution in [2.45, 2.75) is 39.2 Å². The Hall–Kier alpha value is -1.85. The van der Waals surface area contributed by atoms with Crippen LogP contribution in [0.4, 0.5) is 8.78 Å². The van der Waals surface area contributed by atoms with Crippen LogP contribution >= 0.6 is 24.0 Å². The Kier molecular flexibility index (Phi) is 12.4. The van der Waals surface area contributed by atoms with Crippen LogP contribution in [0.3, 0.4) is 0 Å². The standard InChI is InChI=1S/C20H30F2N4O3.HI/c1-3-23-20(24-10-5-13-26-12-4-6-18(26)27)25-11-9-15-7-8-16(28-2)17(14-15)29-19(21)22;/h7-8,14,19H,3-6,9-13H2,1-2H3,(H2,23,24,25);1H. The zero-order chi connectivity index (χ0) is 21.1. The summed E-state index contributed by atoms with van der Waals surface area (Å²) in [6, 6.07) is 4.99. The molecule has 30 heavy (non-hydrogen) atoms. The third kappa shape index (κ3) is 8.88. The molecule has 0 atom stereocenters. The maximum absolute atomic E-state index is 12.5. The first-order valence-electron chi connectivity index (χ1n) is 9.95. The predicted octanol–water partition coefficient (Wildman–Crippen LogP) is 3.02. The third-order valence-corrected chi connectivity index (χ3v) is 4.52. The second-order valence-electron chi connectivity index (χ2n) is 6.64. The molecule has 1 amide bonds. The van der Waals surface area contributed by atoms with Gasteiger partial charge in [0, 0.05) is 39.1 Å². The minimum absolute atomic E-state index is 0. The second kappa shape index (κ2) is 14.2. The summed E-state index contributed by atoms with van der Waals surface area (Å²) >= 11 is 0. The molecule has 1 heterocycles. The summed E-state index contributed by atoms with van der Waals surface area (Å²) < 4.78 is 34.6. The number of methoxy groups -OCH3 is 1. The molecule has 0 spiro atoms. The van der Waals surface area contributed by atoms with Crippen LogP contribution in [0.5, 0.6) is 11.5 Å². The molecule has 0 bridgehead atoms. The van der Waals surface area contributed by atoms with Crippen LogP contribution in [-0.2, 0) is 11.2 Å². The Labute approximate surface area is 193 Å². The monoisotopic (exact) mass is 540 g/mol. The zero-order valence-electron chi connectivity index (χ0n) is 17.5. The van der Waals surface area contributed by atoms with Crippen LogP contribution in [0.25, 0.3) is 0 Å². The molecular formula is C20H31F2IN4O3. The lowest BCUT2D eigenvalue weighted by molar-refractivity contribution is -0.127. The summed E-state index contributed by atoms with van der Waals surface area (Å²) in [5.41, 5.74) is 0.845. The first-order valence-corrected chi connectivity index (χ1v) is 9.95. The highest BCUT2D eigenvalue weighted by atomic mass is 127. The number of amides is 1. The van der Waals surface area contributed by atoms with Crippen molar-refractivity contribution in [1.82, 2.24) is 15.5 Å². The van der Waals surface area contributed by atoms with Crippen molar-refractivity contribution in [3.05, 3.63) is 23.8 Å². The smallest absolute Gasteiger partial charge is 0.387 e. The Morgan fingerprint density at radius 1 is 1.30 bits per heavy atom. The lowest BCUT2D eigenvalue weighted by atomic mass is 10.1. The van der Waals surface area contributed by atoms with Crippen molar-refractivity contribution >= 4 is 35.8 Å². The largest absolute Gasteiger partial charge is 0.493 e. The van der Waals surface area contributed by atoms with Crippen molar-refractivity contribution in [1.29, 1.82) is 0 Å². The van der Waals surface area contributed by atoms with Gasteiger partial charge in [-0.25, -0.2) is 0 Å². The molecule has 1 fully saturated rings. The molecule has 2 rings (SSSR count). The number of benzene rings is 1. The van der Waals surface area contributed by atoms with Crippen LogP contribution in [-0.4, -0.2) is 63.2 Å². The van der Waals surface area contributed by atoms with E-state index in [0.29, 0.717) is 31.9 Å². The van der Waals surface area contributed by atoms with Gasteiger partial charge >= 0.3 is 6.61 Å². The SMILES string of the molecule is CCNC(=NCCCN1CCCC1=O)NCCc1ccc(OC)c(OC(F)F)c1.I. The van der Waals surface area contributed by atoms with Gasteiger partial charge < -0.3 is 25.0 Å². The number of guanidine groups is 1. The summed E-state index contributed by atoms with van der Waals surface area (Å²) in [6.07, 6.45) is 3.02. The minimum Gasteiger partial charge on any atom is -0.493 e. The molecule has 1 saturated heterocycles. The van der Waals surface area contributed by atoms with Crippen LogP contribution in [0, 0.1) is 0 Å². The molecule has 1 aromatic carbocycles. The van der Waals surface area contributed by atoms with Gasteiger partial charge in [0.1, 0.15) is 0 Å². The van der Waals surface area contributed by atoms with Gasteiger partial charge in [-0.1, -0.05) is 6.07 Å². The lowest BCUT2D eigenvalue weighted by Gasteiger charge is -2.15. The van der Waals surface area contributed by atoms with Gasteiger partial charge in [0.2, 0.25) is 5.91 Å². The molecule has 0 saturated carbocycles. The molecule has 0 aliphatic carbocycles. The summed E-state index contributed by atoms with van der Waals surface area (Å²) in [4.78, 5) is 18.0. The summed E-state index contributed by atoms with van der Waals surface area (Å²) in [6.45, 7) is 2.59. The molecule has 2 N–H and O–H groups in total. The molecule has 1 aliphatic rings. The maximum atomic E-state index is 12.5. The highest BCUT2D eigenvalue weighted by Crippen LogP contribution is 2.29. The minimum atomic E-state index is -2.90. The predicted molar refractivity (Wildman–Crippen MR) is 123 cm³/mol. The Morgan fingerprint density at radius 3 is 2.73 bits per heavy atom.